The molecule has 0 rings (SSSR count). The molecule has 0 unspecified atom stereocenters. The standard InChI is InChI=1S/C21H40N2O9S/c1-21(2,3)32-20(27)23-7-4-6-22-18(24)17-33-16-15-31-14-13-30-12-11-29-10-9-28-8-5-19(25)26/h4-17H2,1-3H3,(H,22,24)(H,23,27)(H,25,26). The van der Waals surface area contributed by atoms with Crippen LogP contribution in [0.3, 0.4) is 0 Å². The van der Waals surface area contributed by atoms with Crippen molar-refractivity contribution in [1.29, 1.82) is 0 Å². The van der Waals surface area contributed by atoms with E-state index in [1.807, 2.05) is 0 Å². The molecule has 2 amide bonds. The number of alkyl carbamates (subject to hydrolysis) is 1. The molecule has 0 fully saturated rings. The molecule has 0 aromatic rings. The maximum absolute atomic E-state index is 11.7. The number of ether oxygens (including phenoxy) is 5. The zero-order valence-corrected chi connectivity index (χ0v) is 20.8. The second kappa shape index (κ2) is 21.0. The lowest BCUT2D eigenvalue weighted by Gasteiger charge is -2.19. The number of thioether (sulfide) groups is 1. The van der Waals surface area contributed by atoms with Gasteiger partial charge in [-0.25, -0.2) is 4.79 Å². The molecule has 11 nitrogen and oxygen atoms in total. The summed E-state index contributed by atoms with van der Waals surface area (Å²) in [6, 6.07) is 0. The minimum atomic E-state index is -0.881. The van der Waals surface area contributed by atoms with Crippen LogP contribution in [0.5, 0.6) is 0 Å². The van der Waals surface area contributed by atoms with Gasteiger partial charge in [-0.1, -0.05) is 0 Å². The molecular formula is C21H40N2O9S. The van der Waals surface area contributed by atoms with Crippen LogP contribution < -0.4 is 10.6 Å². The number of nitrogens with one attached hydrogen (secondary N) is 2. The van der Waals surface area contributed by atoms with Crippen LogP contribution in [-0.4, -0.2) is 106 Å². The molecule has 0 aliphatic rings. The van der Waals surface area contributed by atoms with E-state index in [9.17, 15) is 14.4 Å². The van der Waals surface area contributed by atoms with Crippen LogP contribution in [-0.2, 0) is 33.3 Å². The first-order valence-electron chi connectivity index (χ1n) is 11.0. The molecule has 0 aromatic heterocycles. The SMILES string of the molecule is CC(C)(C)OC(=O)NCCCNC(=O)CSCCOCCOCCOCCOCCC(=O)O. The average molecular weight is 497 g/mol. The summed E-state index contributed by atoms with van der Waals surface area (Å²) in [5, 5.41) is 13.9. The molecule has 33 heavy (non-hydrogen) atoms. The molecule has 0 spiro atoms. The number of amides is 2. The topological polar surface area (TPSA) is 142 Å². The highest BCUT2D eigenvalue weighted by atomic mass is 32.2. The summed E-state index contributed by atoms with van der Waals surface area (Å²) in [7, 11) is 0. The number of carboxylic acids is 1. The van der Waals surface area contributed by atoms with Crippen molar-refractivity contribution in [3.8, 4) is 0 Å². The Morgan fingerprint density at radius 3 is 1.85 bits per heavy atom. The van der Waals surface area contributed by atoms with E-state index in [-0.39, 0.29) is 18.9 Å². The van der Waals surface area contributed by atoms with Crippen molar-refractivity contribution >= 4 is 29.7 Å². The highest BCUT2D eigenvalue weighted by molar-refractivity contribution is 7.99. The zero-order valence-electron chi connectivity index (χ0n) is 20.0. The minimum Gasteiger partial charge on any atom is -0.481 e. The molecule has 3 N–H and O–H groups in total. The fraction of sp³-hybridized carbons (Fsp3) is 0.857. The van der Waals surface area contributed by atoms with E-state index < -0.39 is 17.7 Å². The van der Waals surface area contributed by atoms with E-state index in [0.717, 1.165) is 0 Å². The second-order valence-electron chi connectivity index (χ2n) is 7.78. The molecule has 0 atom stereocenters. The van der Waals surface area contributed by atoms with Gasteiger partial charge in [0.25, 0.3) is 0 Å². The number of rotatable bonds is 21. The smallest absolute Gasteiger partial charge is 0.407 e. The number of carbonyl (C=O) groups excluding carboxylic acids is 2. The average Bonchev–Trinajstić information content (AvgIpc) is 2.71. The Balaban J connectivity index is 3.27. The van der Waals surface area contributed by atoms with Crippen LogP contribution in [0.1, 0.15) is 33.6 Å². The third-order valence-electron chi connectivity index (χ3n) is 3.53. The van der Waals surface area contributed by atoms with Gasteiger partial charge in [0.1, 0.15) is 5.60 Å². The predicted molar refractivity (Wildman–Crippen MR) is 125 cm³/mol. The summed E-state index contributed by atoms with van der Waals surface area (Å²) < 4.78 is 26.3. The normalized spacial score (nSPS) is 11.2. The van der Waals surface area contributed by atoms with Gasteiger partial charge in [-0.2, -0.15) is 0 Å². The summed E-state index contributed by atoms with van der Waals surface area (Å²) in [6.45, 7) is 9.61. The van der Waals surface area contributed by atoms with E-state index in [2.05, 4.69) is 10.6 Å². The van der Waals surface area contributed by atoms with Gasteiger partial charge in [-0.05, 0) is 27.2 Å². The second-order valence-corrected chi connectivity index (χ2v) is 8.88. The highest BCUT2D eigenvalue weighted by Crippen LogP contribution is 2.06. The lowest BCUT2D eigenvalue weighted by Crippen LogP contribution is -2.34. The first kappa shape index (κ1) is 31.4. The van der Waals surface area contributed by atoms with E-state index in [4.69, 9.17) is 28.8 Å². The quantitative estimate of drug-likeness (QED) is 0.199. The van der Waals surface area contributed by atoms with Crippen molar-refractivity contribution < 1.29 is 43.2 Å². The van der Waals surface area contributed by atoms with Gasteiger partial charge in [0, 0.05) is 18.8 Å². The lowest BCUT2D eigenvalue weighted by atomic mass is 10.2. The van der Waals surface area contributed by atoms with Crippen molar-refractivity contribution in [2.75, 3.05) is 77.5 Å². The summed E-state index contributed by atoms with van der Waals surface area (Å²) in [4.78, 5) is 33.5. The zero-order chi connectivity index (χ0) is 24.8. The molecule has 0 saturated carbocycles. The number of hydrogen-bond acceptors (Lipinski definition) is 9. The number of aliphatic carboxylic acids is 1. The Bertz CT molecular complexity index is 530. The Hall–Kier alpha value is -1.60. The summed E-state index contributed by atoms with van der Waals surface area (Å²) in [5.41, 5.74) is -0.523. The van der Waals surface area contributed by atoms with Gasteiger partial charge in [0.2, 0.25) is 5.91 Å². The molecule has 0 heterocycles. The van der Waals surface area contributed by atoms with Gasteiger partial charge in [0.15, 0.2) is 0 Å². The number of carboxylic acid groups (broad SMARTS) is 1. The molecule has 0 saturated heterocycles. The van der Waals surface area contributed by atoms with E-state index in [1.165, 1.54) is 11.8 Å². The van der Waals surface area contributed by atoms with Crippen LogP contribution >= 0.6 is 11.8 Å². The van der Waals surface area contributed by atoms with Gasteiger partial charge < -0.3 is 39.4 Å². The molecule has 0 bridgehead atoms. The molecule has 12 heteroatoms. The Labute approximate surface area is 200 Å². The van der Waals surface area contributed by atoms with Gasteiger partial charge in [-0.3, -0.25) is 9.59 Å². The van der Waals surface area contributed by atoms with E-state index in [1.54, 1.807) is 20.8 Å². The Morgan fingerprint density at radius 1 is 0.788 bits per heavy atom. The Kier molecular flexibility index (Phi) is 20.0. The lowest BCUT2D eigenvalue weighted by molar-refractivity contribution is -0.138. The van der Waals surface area contributed by atoms with Crippen LogP contribution in [0.4, 0.5) is 4.79 Å². The van der Waals surface area contributed by atoms with Crippen LogP contribution in [0.15, 0.2) is 0 Å². The summed E-state index contributed by atoms with van der Waals surface area (Å²) in [6.07, 6.45) is 0.162. The molecule has 0 aliphatic carbocycles. The molecule has 0 aromatic carbocycles. The maximum Gasteiger partial charge on any atom is 0.407 e. The predicted octanol–water partition coefficient (Wildman–Crippen LogP) is 1.29. The molecule has 194 valence electrons. The first-order valence-corrected chi connectivity index (χ1v) is 12.2. The third kappa shape index (κ3) is 26.5. The largest absolute Gasteiger partial charge is 0.481 e. The van der Waals surface area contributed by atoms with Crippen molar-refractivity contribution in [2.45, 2.75) is 39.2 Å². The number of hydrogen-bond donors (Lipinski definition) is 3. The third-order valence-corrected chi connectivity index (χ3v) is 4.45. The van der Waals surface area contributed by atoms with Crippen LogP contribution in [0.2, 0.25) is 0 Å². The van der Waals surface area contributed by atoms with Crippen LogP contribution in [0, 0.1) is 0 Å². The van der Waals surface area contributed by atoms with Crippen LogP contribution in [0.25, 0.3) is 0 Å². The van der Waals surface area contributed by atoms with E-state index in [0.29, 0.717) is 77.3 Å². The minimum absolute atomic E-state index is 0.00848. The fourth-order valence-electron chi connectivity index (χ4n) is 2.08. The first-order chi connectivity index (χ1) is 15.7. The Morgan fingerprint density at radius 2 is 1.30 bits per heavy atom. The highest BCUT2D eigenvalue weighted by Gasteiger charge is 2.15. The monoisotopic (exact) mass is 496 g/mol. The van der Waals surface area contributed by atoms with Gasteiger partial charge in [-0.15, -0.1) is 11.8 Å². The maximum atomic E-state index is 11.7. The summed E-state index contributed by atoms with van der Waals surface area (Å²) in [5.74, 6) is 0.136. The molecule has 0 aliphatic heterocycles. The van der Waals surface area contributed by atoms with Crippen molar-refractivity contribution in [3.63, 3.8) is 0 Å². The van der Waals surface area contributed by atoms with E-state index >= 15 is 0 Å². The van der Waals surface area contributed by atoms with Gasteiger partial charge >= 0.3 is 12.1 Å². The summed E-state index contributed by atoms with van der Waals surface area (Å²) >= 11 is 1.49. The van der Waals surface area contributed by atoms with Gasteiger partial charge in [0.05, 0.1) is 65.0 Å². The number of carbonyl (C=O) groups is 3. The van der Waals surface area contributed by atoms with Crippen molar-refractivity contribution in [3.05, 3.63) is 0 Å². The molecule has 0 radical (unpaired) electrons. The molecular weight excluding hydrogens is 456 g/mol. The van der Waals surface area contributed by atoms with Crippen molar-refractivity contribution in [1.82, 2.24) is 10.6 Å². The fourth-order valence-corrected chi connectivity index (χ4v) is 2.74. The van der Waals surface area contributed by atoms with Crippen molar-refractivity contribution in [2.24, 2.45) is 0 Å².